The summed E-state index contributed by atoms with van der Waals surface area (Å²) in [4.78, 5) is 13.4. The molecule has 5 nitrogen and oxygen atoms in total. The minimum Gasteiger partial charge on any atom is -0.497 e. The summed E-state index contributed by atoms with van der Waals surface area (Å²) in [5.41, 5.74) is 2.44. The fraction of sp³-hybridized carbons (Fsp3) is 0.222. The molecule has 0 aromatic heterocycles. The minimum atomic E-state index is -0.830. The number of carbonyl (C=O) groups excluding carboxylic acids is 1. The molecule has 2 aliphatic rings. The summed E-state index contributed by atoms with van der Waals surface area (Å²) >= 11 is 0. The average molecular weight is 422 g/mol. The third-order valence-corrected chi connectivity index (χ3v) is 6.48. The number of fused-ring (bicyclic) bond motifs is 1. The zero-order valence-electron chi connectivity index (χ0n) is 17.7. The quantitative estimate of drug-likeness (QED) is 0.606. The topological polar surface area (TPSA) is 83.2 Å². The van der Waals surface area contributed by atoms with E-state index >= 15 is 0 Å². The van der Waals surface area contributed by atoms with Gasteiger partial charge in [-0.2, -0.15) is 5.26 Å². The van der Waals surface area contributed by atoms with Crippen LogP contribution in [0.5, 0.6) is 5.75 Å². The third kappa shape index (κ3) is 3.34. The lowest BCUT2D eigenvalue weighted by Gasteiger charge is -2.36. The predicted octanol–water partition coefficient (Wildman–Crippen LogP) is 5.48. The van der Waals surface area contributed by atoms with E-state index in [0.717, 1.165) is 21.9 Å². The monoisotopic (exact) mass is 422 g/mol. The zero-order valence-corrected chi connectivity index (χ0v) is 17.7. The lowest BCUT2D eigenvalue weighted by Crippen LogP contribution is -2.36. The van der Waals surface area contributed by atoms with Gasteiger partial charge in [0.25, 0.3) is 0 Å². The number of hydrogen-bond donors (Lipinski definition) is 1. The predicted molar refractivity (Wildman–Crippen MR) is 122 cm³/mol. The second-order valence-electron chi connectivity index (χ2n) is 8.30. The van der Waals surface area contributed by atoms with Gasteiger partial charge in [-0.25, -0.2) is 0 Å². The molecule has 158 valence electrons. The van der Waals surface area contributed by atoms with Crippen molar-refractivity contribution in [3.63, 3.8) is 0 Å². The molecule has 1 heterocycles. The van der Waals surface area contributed by atoms with E-state index < -0.39 is 11.8 Å². The molecule has 0 spiro atoms. The molecule has 5 heteroatoms. The Kier molecular flexibility index (Phi) is 4.99. The fourth-order valence-electron chi connectivity index (χ4n) is 4.85. The normalized spacial score (nSPS) is 22.8. The molecule has 0 saturated heterocycles. The summed E-state index contributed by atoms with van der Waals surface area (Å²) in [5, 5.41) is 20.4. The number of allylic oxidation sites excluding steroid dienone is 2. The van der Waals surface area contributed by atoms with E-state index in [-0.39, 0.29) is 17.6 Å². The van der Waals surface area contributed by atoms with Gasteiger partial charge in [0.2, 0.25) is 5.90 Å². The van der Waals surface area contributed by atoms with Crippen molar-refractivity contribution in [3.05, 3.63) is 89.2 Å². The molecule has 3 atom stereocenters. The summed E-state index contributed by atoms with van der Waals surface area (Å²) in [7, 11) is 1.59. The van der Waals surface area contributed by atoms with Gasteiger partial charge in [0.1, 0.15) is 17.4 Å². The Morgan fingerprint density at radius 2 is 1.72 bits per heavy atom. The van der Waals surface area contributed by atoms with Crippen LogP contribution in [0.4, 0.5) is 0 Å². The maximum atomic E-state index is 13.4. The Morgan fingerprint density at radius 1 is 1.00 bits per heavy atom. The van der Waals surface area contributed by atoms with Crippen molar-refractivity contribution in [3.8, 4) is 11.8 Å². The van der Waals surface area contributed by atoms with Crippen molar-refractivity contribution in [1.29, 1.82) is 10.7 Å². The molecule has 0 saturated carbocycles. The van der Waals surface area contributed by atoms with Gasteiger partial charge in [0, 0.05) is 24.3 Å². The van der Waals surface area contributed by atoms with Gasteiger partial charge in [0.05, 0.1) is 13.2 Å². The highest BCUT2D eigenvalue weighted by Crippen LogP contribution is 2.47. The van der Waals surface area contributed by atoms with Gasteiger partial charge in [-0.1, -0.05) is 54.6 Å². The zero-order chi connectivity index (χ0) is 22.2. The lowest BCUT2D eigenvalue weighted by molar-refractivity contribution is -0.117. The van der Waals surface area contributed by atoms with Crippen LogP contribution in [-0.2, 0) is 9.53 Å². The molecule has 1 N–H and O–H groups in total. The number of hydrogen-bond acceptors (Lipinski definition) is 5. The highest BCUT2D eigenvalue weighted by Gasteiger charge is 2.44. The number of nitrogens with zero attached hydrogens (tertiary/aromatic N) is 1. The first-order valence-electron chi connectivity index (χ1n) is 10.6. The third-order valence-electron chi connectivity index (χ3n) is 6.48. The van der Waals surface area contributed by atoms with Gasteiger partial charge in [-0.15, -0.1) is 0 Å². The van der Waals surface area contributed by atoms with E-state index in [4.69, 9.17) is 14.9 Å². The molecule has 0 amide bonds. The van der Waals surface area contributed by atoms with Gasteiger partial charge in [-0.3, -0.25) is 10.2 Å². The molecule has 5 rings (SSSR count). The SMILES string of the molecule is COc1ccc(C2C3=C(CC(c4ccc5ccccc5c4)CC3=O)OC(=N)C2C#N)cc1. The Hall–Kier alpha value is -3.91. The first-order valence-corrected chi connectivity index (χ1v) is 10.6. The Labute approximate surface area is 186 Å². The summed E-state index contributed by atoms with van der Waals surface area (Å²) in [6.07, 6.45) is 0.894. The molecule has 0 radical (unpaired) electrons. The number of carbonyl (C=O) groups is 1. The number of ether oxygens (including phenoxy) is 2. The number of ketones is 1. The largest absolute Gasteiger partial charge is 0.497 e. The molecular formula is C27H22N2O3. The number of nitrogens with one attached hydrogen (secondary N) is 1. The van der Waals surface area contributed by atoms with Crippen LogP contribution in [0.25, 0.3) is 10.8 Å². The van der Waals surface area contributed by atoms with Gasteiger partial charge < -0.3 is 9.47 Å². The molecule has 1 aliphatic heterocycles. The number of nitriles is 1. The number of Topliss-reactive ketones (excluding diaryl/α,β-unsaturated/α-hetero) is 1. The van der Waals surface area contributed by atoms with Crippen molar-refractivity contribution in [1.82, 2.24) is 0 Å². The summed E-state index contributed by atoms with van der Waals surface area (Å²) < 4.78 is 11.0. The van der Waals surface area contributed by atoms with Crippen LogP contribution in [0.2, 0.25) is 0 Å². The van der Waals surface area contributed by atoms with E-state index in [1.165, 1.54) is 0 Å². The highest BCUT2D eigenvalue weighted by molar-refractivity contribution is 6.02. The van der Waals surface area contributed by atoms with Gasteiger partial charge in [-0.05, 0) is 39.9 Å². The Balaban J connectivity index is 1.55. The summed E-state index contributed by atoms with van der Waals surface area (Å²) in [6, 6.07) is 24.0. The fourth-order valence-corrected chi connectivity index (χ4v) is 4.85. The first-order chi connectivity index (χ1) is 15.6. The van der Waals surface area contributed by atoms with Crippen molar-refractivity contribution in [2.75, 3.05) is 7.11 Å². The first kappa shape index (κ1) is 20.0. The van der Waals surface area contributed by atoms with Crippen LogP contribution >= 0.6 is 0 Å². The molecule has 0 fully saturated rings. The molecule has 0 bridgehead atoms. The van der Waals surface area contributed by atoms with Crippen molar-refractivity contribution < 1.29 is 14.3 Å². The van der Waals surface area contributed by atoms with E-state index in [1.54, 1.807) is 7.11 Å². The molecule has 3 aromatic rings. The number of methoxy groups -OCH3 is 1. The molecule has 3 aromatic carbocycles. The van der Waals surface area contributed by atoms with Crippen LogP contribution in [0.1, 0.15) is 35.8 Å². The molecule has 1 aliphatic carbocycles. The molecule has 3 unspecified atom stereocenters. The Morgan fingerprint density at radius 3 is 2.44 bits per heavy atom. The average Bonchev–Trinajstić information content (AvgIpc) is 2.82. The standard InChI is InChI=1S/C27H22N2O3/c1-31-21-10-8-17(9-11-21)25-22(15-28)27(29)32-24-14-20(13-23(30)26(24)25)19-7-6-16-4-2-3-5-18(16)12-19/h2-12,20,22,25,29H,13-14H2,1H3. The number of benzene rings is 3. The van der Waals surface area contributed by atoms with E-state index in [1.807, 2.05) is 36.4 Å². The summed E-state index contributed by atoms with van der Waals surface area (Å²) in [6.45, 7) is 0. The van der Waals surface area contributed by atoms with E-state index in [0.29, 0.717) is 29.9 Å². The van der Waals surface area contributed by atoms with Gasteiger partial charge in [0.15, 0.2) is 5.78 Å². The van der Waals surface area contributed by atoms with Crippen molar-refractivity contribution in [2.45, 2.75) is 24.7 Å². The minimum absolute atomic E-state index is 0.0158. The molecular weight excluding hydrogens is 400 g/mol. The highest BCUT2D eigenvalue weighted by atomic mass is 16.5. The number of rotatable bonds is 3. The Bertz CT molecular complexity index is 1300. The maximum absolute atomic E-state index is 13.4. The van der Waals surface area contributed by atoms with Crippen molar-refractivity contribution in [2.24, 2.45) is 5.92 Å². The van der Waals surface area contributed by atoms with Crippen LogP contribution in [0.15, 0.2) is 78.1 Å². The van der Waals surface area contributed by atoms with Crippen LogP contribution in [0.3, 0.4) is 0 Å². The van der Waals surface area contributed by atoms with E-state index in [9.17, 15) is 10.1 Å². The second-order valence-corrected chi connectivity index (χ2v) is 8.30. The van der Waals surface area contributed by atoms with Gasteiger partial charge >= 0.3 is 0 Å². The smallest absolute Gasteiger partial charge is 0.205 e. The summed E-state index contributed by atoms with van der Waals surface area (Å²) in [5.74, 6) is -0.247. The lowest BCUT2D eigenvalue weighted by atomic mass is 9.71. The van der Waals surface area contributed by atoms with Crippen LogP contribution in [-0.4, -0.2) is 18.8 Å². The van der Waals surface area contributed by atoms with Crippen molar-refractivity contribution >= 4 is 22.5 Å². The maximum Gasteiger partial charge on any atom is 0.205 e. The second kappa shape index (κ2) is 7.97. The van der Waals surface area contributed by atoms with Crippen LogP contribution < -0.4 is 4.74 Å². The van der Waals surface area contributed by atoms with Crippen LogP contribution in [0, 0.1) is 22.7 Å². The molecule has 32 heavy (non-hydrogen) atoms. The van der Waals surface area contributed by atoms with E-state index in [2.05, 4.69) is 36.4 Å².